The molecule has 0 spiro atoms. The van der Waals surface area contributed by atoms with Gasteiger partial charge in [-0.05, 0) is 49.4 Å². The first kappa shape index (κ1) is 22.3. The molecule has 9 heteroatoms. The first-order valence-electron chi connectivity index (χ1n) is 9.09. The molecular weight excluding hydrogens is 440 g/mol. The number of rotatable bonds is 6. The van der Waals surface area contributed by atoms with Crippen LogP contribution in [0.1, 0.15) is 26.3 Å². The first-order valence-corrected chi connectivity index (χ1v) is 10.9. The summed E-state index contributed by atoms with van der Waals surface area (Å²) in [6, 6.07) is 16.9. The highest BCUT2D eigenvalue weighted by molar-refractivity contribution is 7.92. The van der Waals surface area contributed by atoms with Gasteiger partial charge in [0.15, 0.2) is 0 Å². The minimum Gasteiger partial charge on any atom is -0.465 e. The number of aryl methyl sites for hydroxylation is 1. The second-order valence-electron chi connectivity index (χ2n) is 6.60. The Morgan fingerprint density at radius 1 is 0.935 bits per heavy atom. The molecule has 2 N–H and O–H groups in total. The maximum Gasteiger partial charge on any atom is 0.339 e. The summed E-state index contributed by atoms with van der Waals surface area (Å²) in [7, 11) is -2.61. The largest absolute Gasteiger partial charge is 0.465 e. The van der Waals surface area contributed by atoms with Crippen LogP contribution in [0.4, 0.5) is 11.4 Å². The molecule has 160 valence electrons. The van der Waals surface area contributed by atoms with E-state index in [9.17, 15) is 18.0 Å². The Morgan fingerprint density at radius 3 is 2.29 bits per heavy atom. The topological polar surface area (TPSA) is 102 Å². The molecule has 3 aromatic rings. The average molecular weight is 459 g/mol. The molecule has 1 amide bonds. The Balaban J connectivity index is 1.87. The lowest BCUT2D eigenvalue weighted by atomic mass is 10.1. The molecule has 0 aromatic heterocycles. The maximum absolute atomic E-state index is 12.8. The highest BCUT2D eigenvalue weighted by atomic mass is 35.5. The number of anilines is 2. The fraction of sp³-hybridized carbons (Fsp3) is 0.0909. The van der Waals surface area contributed by atoms with Crippen molar-refractivity contribution in [3.05, 3.63) is 88.4 Å². The normalized spacial score (nSPS) is 10.9. The van der Waals surface area contributed by atoms with E-state index >= 15 is 0 Å². The lowest BCUT2D eigenvalue weighted by Crippen LogP contribution is -2.17. The van der Waals surface area contributed by atoms with Gasteiger partial charge >= 0.3 is 5.97 Å². The fourth-order valence-electron chi connectivity index (χ4n) is 2.76. The van der Waals surface area contributed by atoms with Gasteiger partial charge in [-0.15, -0.1) is 0 Å². The number of methoxy groups -OCH3 is 1. The molecule has 3 aromatic carbocycles. The lowest BCUT2D eigenvalue weighted by molar-refractivity contribution is 0.0602. The Hall–Kier alpha value is -3.36. The molecule has 7 nitrogen and oxygen atoms in total. The molecule has 0 heterocycles. The van der Waals surface area contributed by atoms with Gasteiger partial charge in [0.2, 0.25) is 0 Å². The number of esters is 1. The number of sulfonamides is 1. The van der Waals surface area contributed by atoms with Crippen LogP contribution in [0.5, 0.6) is 0 Å². The summed E-state index contributed by atoms with van der Waals surface area (Å²) in [6.45, 7) is 1.85. The van der Waals surface area contributed by atoms with Crippen LogP contribution in [0.15, 0.2) is 71.6 Å². The SMILES string of the molecule is COC(=O)c1ccccc1NC(=O)c1cc(NS(=O)(=O)c2ccc(C)cc2)ccc1Cl. The number of ether oxygens (including phenoxy) is 1. The van der Waals surface area contributed by atoms with Crippen LogP contribution in [-0.2, 0) is 14.8 Å². The summed E-state index contributed by atoms with van der Waals surface area (Å²) in [6.07, 6.45) is 0. The number of para-hydroxylation sites is 1. The predicted molar refractivity (Wildman–Crippen MR) is 119 cm³/mol. The number of nitrogens with one attached hydrogen (secondary N) is 2. The molecule has 0 aliphatic rings. The number of carbonyl (C=O) groups is 2. The molecule has 0 bridgehead atoms. The first-order chi connectivity index (χ1) is 14.7. The summed E-state index contributed by atoms with van der Waals surface area (Å²) in [5.41, 5.74) is 1.53. The van der Waals surface area contributed by atoms with Crippen molar-refractivity contribution in [1.82, 2.24) is 0 Å². The van der Waals surface area contributed by atoms with Crippen molar-refractivity contribution in [3.63, 3.8) is 0 Å². The van der Waals surface area contributed by atoms with Crippen LogP contribution in [-0.4, -0.2) is 27.4 Å². The molecule has 0 radical (unpaired) electrons. The number of hydrogen-bond acceptors (Lipinski definition) is 5. The van der Waals surface area contributed by atoms with Crippen molar-refractivity contribution >= 4 is 44.9 Å². The smallest absolute Gasteiger partial charge is 0.339 e. The van der Waals surface area contributed by atoms with Crippen LogP contribution >= 0.6 is 11.6 Å². The van der Waals surface area contributed by atoms with Gasteiger partial charge in [0.25, 0.3) is 15.9 Å². The van der Waals surface area contributed by atoms with Crippen molar-refractivity contribution in [2.24, 2.45) is 0 Å². The van der Waals surface area contributed by atoms with Gasteiger partial charge < -0.3 is 10.1 Å². The van der Waals surface area contributed by atoms with E-state index in [0.29, 0.717) is 0 Å². The van der Waals surface area contributed by atoms with Crippen molar-refractivity contribution < 1.29 is 22.7 Å². The van der Waals surface area contributed by atoms with Crippen molar-refractivity contribution in [3.8, 4) is 0 Å². The summed E-state index contributed by atoms with van der Waals surface area (Å²) in [5, 5.41) is 2.73. The highest BCUT2D eigenvalue weighted by Gasteiger charge is 2.19. The van der Waals surface area contributed by atoms with E-state index in [2.05, 4.69) is 10.0 Å². The van der Waals surface area contributed by atoms with Gasteiger partial charge in [-0.2, -0.15) is 0 Å². The molecule has 3 rings (SSSR count). The highest BCUT2D eigenvalue weighted by Crippen LogP contribution is 2.25. The van der Waals surface area contributed by atoms with E-state index in [1.54, 1.807) is 30.3 Å². The number of carbonyl (C=O) groups excluding carboxylic acids is 2. The van der Waals surface area contributed by atoms with E-state index in [0.717, 1.165) is 5.56 Å². The van der Waals surface area contributed by atoms with E-state index in [1.165, 1.54) is 43.5 Å². The zero-order valence-corrected chi connectivity index (χ0v) is 18.3. The predicted octanol–water partition coefficient (Wildman–Crippen LogP) is 4.49. The van der Waals surface area contributed by atoms with Crippen LogP contribution < -0.4 is 10.0 Å². The molecule has 0 saturated heterocycles. The maximum atomic E-state index is 12.8. The van der Waals surface area contributed by atoms with Crippen LogP contribution in [0, 0.1) is 6.92 Å². The minimum atomic E-state index is -3.85. The third-order valence-electron chi connectivity index (χ3n) is 4.38. The van der Waals surface area contributed by atoms with Crippen molar-refractivity contribution in [2.75, 3.05) is 17.1 Å². The third-order valence-corrected chi connectivity index (χ3v) is 6.10. The summed E-state index contributed by atoms with van der Waals surface area (Å²) in [5.74, 6) is -1.22. The number of halogens is 1. The monoisotopic (exact) mass is 458 g/mol. The van der Waals surface area contributed by atoms with Gasteiger partial charge in [-0.1, -0.05) is 41.4 Å². The Kier molecular flexibility index (Phi) is 6.62. The summed E-state index contributed by atoms with van der Waals surface area (Å²) in [4.78, 5) is 24.8. The van der Waals surface area contributed by atoms with Crippen LogP contribution in [0.2, 0.25) is 5.02 Å². The second-order valence-corrected chi connectivity index (χ2v) is 8.69. The lowest BCUT2D eigenvalue weighted by Gasteiger charge is -2.13. The van der Waals surface area contributed by atoms with Gasteiger partial charge in [-0.3, -0.25) is 9.52 Å². The average Bonchev–Trinajstić information content (AvgIpc) is 2.75. The number of benzene rings is 3. The molecule has 0 aliphatic heterocycles. The van der Waals surface area contributed by atoms with Crippen molar-refractivity contribution in [1.29, 1.82) is 0 Å². The van der Waals surface area contributed by atoms with Gasteiger partial charge in [0, 0.05) is 5.69 Å². The van der Waals surface area contributed by atoms with Crippen LogP contribution in [0.3, 0.4) is 0 Å². The third kappa shape index (κ3) is 5.22. The zero-order chi connectivity index (χ0) is 22.6. The quantitative estimate of drug-likeness (QED) is 0.530. The standard InChI is InChI=1S/C22H19ClN2O5S/c1-14-7-10-16(11-8-14)31(28,29)25-15-9-12-19(23)18(13-15)21(26)24-20-6-4-3-5-17(20)22(27)30-2/h3-13,25H,1-2H3,(H,24,26). The van der Waals surface area contributed by atoms with Crippen molar-refractivity contribution in [2.45, 2.75) is 11.8 Å². The molecular formula is C22H19ClN2O5S. The fourth-order valence-corrected chi connectivity index (χ4v) is 4.02. The number of amides is 1. The van der Waals surface area contributed by atoms with Crippen LogP contribution in [0.25, 0.3) is 0 Å². The minimum absolute atomic E-state index is 0.0328. The second kappa shape index (κ2) is 9.20. The number of hydrogen-bond donors (Lipinski definition) is 2. The zero-order valence-electron chi connectivity index (χ0n) is 16.7. The summed E-state index contributed by atoms with van der Waals surface area (Å²) < 4.78 is 32.4. The Morgan fingerprint density at radius 2 is 1.61 bits per heavy atom. The van der Waals surface area contributed by atoms with Gasteiger partial charge in [-0.25, -0.2) is 13.2 Å². The van der Waals surface area contributed by atoms with E-state index < -0.39 is 21.9 Å². The molecule has 0 saturated carbocycles. The summed E-state index contributed by atoms with van der Waals surface area (Å²) >= 11 is 6.16. The molecule has 0 aliphatic carbocycles. The molecule has 31 heavy (non-hydrogen) atoms. The van der Waals surface area contributed by atoms with Gasteiger partial charge in [0.05, 0.1) is 33.8 Å². The Bertz CT molecular complexity index is 1240. The molecule has 0 unspecified atom stereocenters. The van der Waals surface area contributed by atoms with E-state index in [-0.39, 0.29) is 32.4 Å². The van der Waals surface area contributed by atoms with E-state index in [4.69, 9.17) is 16.3 Å². The van der Waals surface area contributed by atoms with Gasteiger partial charge in [0.1, 0.15) is 0 Å². The Labute approximate surface area is 185 Å². The van der Waals surface area contributed by atoms with E-state index in [1.807, 2.05) is 6.92 Å². The molecule has 0 atom stereocenters. The molecule has 0 fully saturated rings.